The summed E-state index contributed by atoms with van der Waals surface area (Å²) in [5, 5.41) is 13.1. The molecule has 1 aromatic rings. The lowest BCUT2D eigenvalue weighted by molar-refractivity contribution is -0.249. The molecule has 0 aromatic carbocycles. The van der Waals surface area contributed by atoms with E-state index in [2.05, 4.69) is 65.3 Å². The molecule has 5 aliphatic rings. The van der Waals surface area contributed by atoms with Crippen LogP contribution >= 0.6 is 0 Å². The number of hydrogen-bond donors (Lipinski definition) is 2. The lowest BCUT2D eigenvalue weighted by Crippen LogP contribution is -2.67. The normalized spacial score (nSPS) is 41.0. The second kappa shape index (κ2) is 12.5. The third kappa shape index (κ3) is 5.49. The van der Waals surface area contributed by atoms with E-state index in [1.807, 2.05) is 18.2 Å². The third-order valence-electron chi connectivity index (χ3n) is 16.4. The fourth-order valence-corrected chi connectivity index (χ4v) is 13.4. The van der Waals surface area contributed by atoms with Crippen LogP contribution in [0.4, 0.5) is 0 Å². The van der Waals surface area contributed by atoms with Crippen molar-refractivity contribution in [3.63, 3.8) is 0 Å². The van der Waals surface area contributed by atoms with Gasteiger partial charge in [-0.15, -0.1) is 0 Å². The topological polar surface area (TPSA) is 106 Å². The number of carbonyl (C=O) groups is 3. The Morgan fingerprint density at radius 3 is 2.32 bits per heavy atom. The van der Waals surface area contributed by atoms with Crippen molar-refractivity contribution in [1.29, 1.82) is 0 Å². The van der Waals surface area contributed by atoms with E-state index in [-0.39, 0.29) is 51.5 Å². The Morgan fingerprint density at radius 2 is 1.68 bits per heavy atom. The highest BCUT2D eigenvalue weighted by Gasteiger charge is 2.72. The standard InChI is InChI=1S/C43H64N2O5/c1-26(2)28-16-21-43(36(47)45-27(3)30-13-11-12-24-44-30)23-22-41(9)29(35(28)43)14-15-32-40(8)19-18-33(50-34(46)25-38(4,5)37(48)49)39(6,7)31(40)17-20-42(32,41)10/h11-13,24,27-29,31-33,35H,1,14-23,25H2,2-10H3,(H,45,47)(H,48,49)/t27?,28?,29?,31?,32?,33?,35?,40?,41-,42?,43?/m1/s1. The van der Waals surface area contributed by atoms with Crippen LogP contribution in [-0.2, 0) is 19.1 Å². The number of aliphatic carboxylic acids is 1. The first-order valence-corrected chi connectivity index (χ1v) is 19.5. The maximum absolute atomic E-state index is 14.6. The highest BCUT2D eigenvalue weighted by Crippen LogP contribution is 2.77. The van der Waals surface area contributed by atoms with Crippen molar-refractivity contribution < 1.29 is 24.2 Å². The summed E-state index contributed by atoms with van der Waals surface area (Å²) < 4.78 is 6.17. The Kier molecular flexibility index (Phi) is 9.24. The number of nitrogens with zero attached hydrogens (tertiary/aromatic N) is 1. The fraction of sp³-hybridized carbons (Fsp3) is 0.767. The van der Waals surface area contributed by atoms with Crippen LogP contribution in [0.2, 0.25) is 0 Å². The number of carbonyl (C=O) groups excluding carboxylic acids is 2. The van der Waals surface area contributed by atoms with Crippen LogP contribution in [0, 0.1) is 62.1 Å². The zero-order chi connectivity index (χ0) is 36.7. The van der Waals surface area contributed by atoms with Gasteiger partial charge in [0, 0.05) is 11.6 Å². The molecular weight excluding hydrogens is 624 g/mol. The Bertz CT molecular complexity index is 1520. The van der Waals surface area contributed by atoms with Gasteiger partial charge in [0.05, 0.1) is 29.0 Å². The molecule has 276 valence electrons. The molecule has 1 heterocycles. The van der Waals surface area contributed by atoms with E-state index in [4.69, 9.17) is 4.74 Å². The molecule has 5 fully saturated rings. The number of pyridine rings is 1. The summed E-state index contributed by atoms with van der Waals surface area (Å²) in [7, 11) is 0. The fourth-order valence-electron chi connectivity index (χ4n) is 13.4. The molecule has 7 heteroatoms. The van der Waals surface area contributed by atoms with Crippen LogP contribution in [0.5, 0.6) is 0 Å². The van der Waals surface area contributed by atoms with Crippen LogP contribution in [-0.4, -0.2) is 34.0 Å². The van der Waals surface area contributed by atoms with E-state index in [0.29, 0.717) is 29.6 Å². The number of rotatable bonds is 8. The predicted octanol–water partition coefficient (Wildman–Crippen LogP) is 9.33. The molecule has 0 bridgehead atoms. The molecule has 50 heavy (non-hydrogen) atoms. The maximum atomic E-state index is 14.6. The molecule has 7 nitrogen and oxygen atoms in total. The number of allylic oxidation sites excluding steroid dienone is 1. The van der Waals surface area contributed by atoms with Crippen molar-refractivity contribution in [2.24, 2.45) is 62.1 Å². The van der Waals surface area contributed by atoms with Gasteiger partial charge in [0.1, 0.15) is 6.10 Å². The number of carboxylic acids is 1. The molecule has 2 N–H and O–H groups in total. The number of nitrogens with one attached hydrogen (secondary N) is 1. The Morgan fingerprint density at radius 1 is 0.960 bits per heavy atom. The first kappa shape index (κ1) is 37.1. The second-order valence-electron chi connectivity index (χ2n) is 19.5. The number of aromatic nitrogens is 1. The summed E-state index contributed by atoms with van der Waals surface area (Å²) in [6, 6.07) is 5.77. The van der Waals surface area contributed by atoms with E-state index in [1.165, 1.54) is 12.0 Å². The minimum atomic E-state index is -1.15. The summed E-state index contributed by atoms with van der Waals surface area (Å²) in [5.41, 5.74) is 0.756. The molecule has 11 atom stereocenters. The minimum absolute atomic E-state index is 0.110. The molecule has 0 saturated heterocycles. The van der Waals surface area contributed by atoms with E-state index in [0.717, 1.165) is 63.5 Å². The molecule has 1 amide bonds. The Hall–Kier alpha value is -2.70. The zero-order valence-corrected chi connectivity index (χ0v) is 32.4. The summed E-state index contributed by atoms with van der Waals surface area (Å²) in [5.74, 6) is 0.900. The molecule has 6 rings (SSSR count). The average Bonchev–Trinajstić information content (AvgIpc) is 3.44. The Labute approximate surface area is 301 Å². The first-order valence-electron chi connectivity index (χ1n) is 19.5. The van der Waals surface area contributed by atoms with Crippen molar-refractivity contribution in [3.05, 3.63) is 42.2 Å². The predicted molar refractivity (Wildman–Crippen MR) is 196 cm³/mol. The van der Waals surface area contributed by atoms with E-state index in [9.17, 15) is 19.5 Å². The van der Waals surface area contributed by atoms with E-state index < -0.39 is 17.4 Å². The van der Waals surface area contributed by atoms with Crippen LogP contribution in [0.1, 0.15) is 145 Å². The molecule has 1 aromatic heterocycles. The SMILES string of the molecule is C=C(C)C1CCC2(C(=O)NC(C)c3ccccn3)CC[C@]3(C)C(CCC4C5(C)CCC(OC(=O)CC(C)(C)C(=O)O)C(C)(C)C5CCC43C)C12. The minimum Gasteiger partial charge on any atom is -0.481 e. The average molecular weight is 689 g/mol. The first-order chi connectivity index (χ1) is 23.2. The van der Waals surface area contributed by atoms with Crippen molar-refractivity contribution in [2.45, 2.75) is 145 Å². The van der Waals surface area contributed by atoms with Gasteiger partial charge >= 0.3 is 11.9 Å². The van der Waals surface area contributed by atoms with Gasteiger partial charge in [0.15, 0.2) is 0 Å². The summed E-state index contributed by atoms with van der Waals surface area (Å²) in [4.78, 5) is 43.9. The van der Waals surface area contributed by atoms with Gasteiger partial charge in [-0.25, -0.2) is 0 Å². The van der Waals surface area contributed by atoms with Gasteiger partial charge < -0.3 is 15.2 Å². The summed E-state index contributed by atoms with van der Waals surface area (Å²) in [6.45, 7) is 24.3. The number of esters is 1. The number of carboxylic acid groups (broad SMARTS) is 1. The van der Waals surface area contributed by atoms with Gasteiger partial charge in [-0.1, -0.05) is 52.8 Å². The maximum Gasteiger partial charge on any atom is 0.309 e. The van der Waals surface area contributed by atoms with Crippen molar-refractivity contribution in [3.8, 4) is 0 Å². The number of fused-ring (bicyclic) bond motifs is 7. The molecule has 0 aliphatic heterocycles. The monoisotopic (exact) mass is 688 g/mol. The van der Waals surface area contributed by atoms with Gasteiger partial charge in [-0.3, -0.25) is 19.4 Å². The number of amides is 1. The summed E-state index contributed by atoms with van der Waals surface area (Å²) in [6.07, 6.45) is 11.8. The lowest BCUT2D eigenvalue weighted by atomic mass is 9.32. The molecular formula is C43H64N2O5. The number of ether oxygens (including phenoxy) is 1. The lowest BCUT2D eigenvalue weighted by Gasteiger charge is -2.72. The largest absolute Gasteiger partial charge is 0.481 e. The molecule has 0 spiro atoms. The van der Waals surface area contributed by atoms with Crippen LogP contribution in [0.3, 0.4) is 0 Å². The molecule has 5 aliphatic carbocycles. The van der Waals surface area contributed by atoms with Crippen molar-refractivity contribution in [2.75, 3.05) is 0 Å². The second-order valence-corrected chi connectivity index (χ2v) is 19.5. The van der Waals surface area contributed by atoms with Crippen LogP contribution in [0.15, 0.2) is 36.5 Å². The molecule has 5 saturated carbocycles. The van der Waals surface area contributed by atoms with Gasteiger partial charge in [0.25, 0.3) is 0 Å². The smallest absolute Gasteiger partial charge is 0.309 e. The summed E-state index contributed by atoms with van der Waals surface area (Å²) >= 11 is 0. The van der Waals surface area contributed by atoms with E-state index in [1.54, 1.807) is 20.0 Å². The van der Waals surface area contributed by atoms with Gasteiger partial charge in [-0.05, 0) is 150 Å². The molecule has 0 radical (unpaired) electrons. The van der Waals surface area contributed by atoms with Crippen molar-refractivity contribution >= 4 is 17.8 Å². The van der Waals surface area contributed by atoms with Gasteiger partial charge in [0.2, 0.25) is 5.91 Å². The number of hydrogen-bond acceptors (Lipinski definition) is 5. The highest BCUT2D eigenvalue weighted by molar-refractivity contribution is 5.84. The Balaban J connectivity index is 1.26. The highest BCUT2D eigenvalue weighted by atomic mass is 16.5. The van der Waals surface area contributed by atoms with Crippen LogP contribution in [0.25, 0.3) is 0 Å². The quantitative estimate of drug-likeness (QED) is 0.208. The van der Waals surface area contributed by atoms with Crippen molar-refractivity contribution in [1.82, 2.24) is 10.3 Å². The zero-order valence-electron chi connectivity index (χ0n) is 32.4. The molecule has 10 unspecified atom stereocenters. The van der Waals surface area contributed by atoms with Gasteiger partial charge in [-0.2, -0.15) is 0 Å². The van der Waals surface area contributed by atoms with Crippen LogP contribution < -0.4 is 5.32 Å². The van der Waals surface area contributed by atoms with E-state index >= 15 is 0 Å². The third-order valence-corrected chi connectivity index (χ3v) is 16.4.